The van der Waals surface area contributed by atoms with Crippen molar-refractivity contribution in [3.8, 4) is 5.75 Å². The minimum Gasteiger partial charge on any atom is -0.487 e. The Morgan fingerprint density at radius 1 is 1.16 bits per heavy atom. The summed E-state index contributed by atoms with van der Waals surface area (Å²) < 4.78 is 7.42. The predicted octanol–water partition coefficient (Wildman–Crippen LogP) is 5.38. The molecule has 0 atom stereocenters. The Morgan fingerprint density at radius 3 is 2.48 bits per heavy atom. The van der Waals surface area contributed by atoms with Crippen molar-refractivity contribution in [2.75, 3.05) is 5.32 Å². The third kappa shape index (κ3) is 4.98. The molecule has 6 heteroatoms. The number of anilines is 1. The van der Waals surface area contributed by atoms with Crippen LogP contribution < -0.4 is 10.1 Å². The van der Waals surface area contributed by atoms with Gasteiger partial charge in [0.15, 0.2) is 0 Å². The Labute approximate surface area is 163 Å². The van der Waals surface area contributed by atoms with Crippen molar-refractivity contribution in [1.29, 1.82) is 0 Å². The molecule has 0 radical (unpaired) electrons. The molecule has 0 amide bonds. The summed E-state index contributed by atoms with van der Waals surface area (Å²) in [5.41, 5.74) is 2.92. The summed E-state index contributed by atoms with van der Waals surface area (Å²) in [4.78, 5) is 10.9. The molecule has 0 heterocycles. The number of ether oxygens (including phenoxy) is 1. The van der Waals surface area contributed by atoms with Crippen LogP contribution in [0.2, 0.25) is 0 Å². The van der Waals surface area contributed by atoms with Crippen molar-refractivity contribution in [2.45, 2.75) is 38.3 Å². The highest BCUT2D eigenvalue weighted by Crippen LogP contribution is 2.35. The van der Waals surface area contributed by atoms with Crippen molar-refractivity contribution in [2.24, 2.45) is 0 Å². The van der Waals surface area contributed by atoms with Gasteiger partial charge >= 0.3 is 5.97 Å². The summed E-state index contributed by atoms with van der Waals surface area (Å²) in [6, 6.07) is 12.4. The Balaban J connectivity index is 1.66. The molecule has 0 saturated heterocycles. The minimum absolute atomic E-state index is 0.0215. The second kappa shape index (κ2) is 8.23. The number of carboxylic acid groups (broad SMARTS) is 1. The van der Waals surface area contributed by atoms with Gasteiger partial charge in [-0.05, 0) is 86.5 Å². The van der Waals surface area contributed by atoms with E-state index < -0.39 is 5.97 Å². The summed E-state index contributed by atoms with van der Waals surface area (Å²) in [7, 11) is 0. The monoisotopic (exact) mass is 467 g/mol. The number of rotatable bonds is 7. The van der Waals surface area contributed by atoms with Crippen LogP contribution in [0.1, 0.15) is 30.4 Å². The molecular weight excluding hydrogens is 450 g/mol. The fraction of sp³-hybridized carbons (Fsp3) is 0.316. The van der Waals surface area contributed by atoms with E-state index in [1.54, 1.807) is 12.1 Å². The molecule has 0 aromatic heterocycles. The van der Waals surface area contributed by atoms with Gasteiger partial charge in [-0.1, -0.05) is 12.1 Å². The molecule has 1 aliphatic carbocycles. The molecule has 0 unspecified atom stereocenters. The highest BCUT2D eigenvalue weighted by atomic mass is 79.9. The predicted molar refractivity (Wildman–Crippen MR) is 105 cm³/mol. The van der Waals surface area contributed by atoms with Gasteiger partial charge in [-0.2, -0.15) is 0 Å². The molecule has 132 valence electrons. The van der Waals surface area contributed by atoms with Crippen LogP contribution in [0.25, 0.3) is 0 Å². The van der Waals surface area contributed by atoms with Gasteiger partial charge in [0.25, 0.3) is 0 Å². The van der Waals surface area contributed by atoms with Gasteiger partial charge in [0.1, 0.15) is 12.4 Å². The first-order valence-electron chi connectivity index (χ1n) is 8.19. The van der Waals surface area contributed by atoms with Crippen LogP contribution >= 0.6 is 31.9 Å². The molecule has 25 heavy (non-hydrogen) atoms. The largest absolute Gasteiger partial charge is 0.487 e. The van der Waals surface area contributed by atoms with Crippen molar-refractivity contribution in [3.05, 3.63) is 56.5 Å². The topological polar surface area (TPSA) is 58.6 Å². The number of hydrogen-bond acceptors (Lipinski definition) is 3. The first kappa shape index (κ1) is 18.3. The van der Waals surface area contributed by atoms with Crippen molar-refractivity contribution in [1.82, 2.24) is 0 Å². The highest BCUT2D eigenvalue weighted by molar-refractivity contribution is 9.11. The number of carboxylic acids is 1. The van der Waals surface area contributed by atoms with Crippen molar-refractivity contribution >= 4 is 43.5 Å². The third-order valence-electron chi connectivity index (χ3n) is 4.20. The van der Waals surface area contributed by atoms with Crippen molar-refractivity contribution < 1.29 is 14.6 Å². The van der Waals surface area contributed by atoms with Crippen molar-refractivity contribution in [3.63, 3.8) is 0 Å². The van der Waals surface area contributed by atoms with Gasteiger partial charge in [-0.25, -0.2) is 0 Å². The summed E-state index contributed by atoms with van der Waals surface area (Å²) in [5, 5.41) is 12.4. The minimum atomic E-state index is -0.858. The number of hydrogen-bond donors (Lipinski definition) is 2. The molecule has 0 spiro atoms. The molecule has 0 aliphatic heterocycles. The Morgan fingerprint density at radius 2 is 1.88 bits per heavy atom. The summed E-state index contributed by atoms with van der Waals surface area (Å²) in [5.74, 6) is -0.185. The van der Waals surface area contributed by atoms with Crippen LogP contribution in [0.15, 0.2) is 45.3 Å². The number of halogens is 2. The van der Waals surface area contributed by atoms with E-state index in [1.165, 1.54) is 19.3 Å². The highest BCUT2D eigenvalue weighted by Gasteiger charge is 2.17. The molecule has 1 fully saturated rings. The van der Waals surface area contributed by atoms with Crippen LogP contribution in [-0.2, 0) is 17.8 Å². The van der Waals surface area contributed by atoms with Crippen LogP contribution in [-0.4, -0.2) is 17.1 Å². The molecule has 3 rings (SSSR count). The van der Waals surface area contributed by atoms with Crippen LogP contribution in [0.5, 0.6) is 5.75 Å². The maximum atomic E-state index is 10.9. The lowest BCUT2D eigenvalue weighted by atomic mass is 9.93. The number of benzene rings is 2. The quantitative estimate of drug-likeness (QED) is 0.572. The van der Waals surface area contributed by atoms with E-state index in [9.17, 15) is 4.79 Å². The average Bonchev–Trinajstić information content (AvgIpc) is 2.50. The molecule has 2 N–H and O–H groups in total. The van der Waals surface area contributed by atoms with Crippen LogP contribution in [0.4, 0.5) is 5.69 Å². The van der Waals surface area contributed by atoms with Crippen LogP contribution in [0, 0.1) is 0 Å². The number of nitrogens with one attached hydrogen (secondary N) is 1. The van der Waals surface area contributed by atoms with Gasteiger partial charge in [-0.15, -0.1) is 0 Å². The van der Waals surface area contributed by atoms with Gasteiger partial charge in [-0.3, -0.25) is 4.79 Å². The third-order valence-corrected chi connectivity index (χ3v) is 5.38. The molecule has 1 saturated carbocycles. The van der Waals surface area contributed by atoms with Gasteiger partial charge in [0.2, 0.25) is 0 Å². The second-order valence-electron chi connectivity index (χ2n) is 6.22. The van der Waals surface area contributed by atoms with E-state index in [0.717, 1.165) is 20.2 Å². The SMILES string of the molecule is O=C(O)Cc1cc(Br)c(OCc2cccc(NC3CCC3)c2)c(Br)c1. The Hall–Kier alpha value is -1.53. The summed E-state index contributed by atoms with van der Waals surface area (Å²) in [6.45, 7) is 0.440. The van der Waals surface area contributed by atoms with E-state index in [4.69, 9.17) is 9.84 Å². The zero-order valence-electron chi connectivity index (χ0n) is 13.6. The Kier molecular flexibility index (Phi) is 6.02. The lowest BCUT2D eigenvalue weighted by Crippen LogP contribution is -2.26. The van der Waals surface area contributed by atoms with E-state index in [-0.39, 0.29) is 6.42 Å². The maximum absolute atomic E-state index is 10.9. The average molecular weight is 469 g/mol. The zero-order chi connectivity index (χ0) is 17.8. The second-order valence-corrected chi connectivity index (χ2v) is 7.93. The normalized spacial score (nSPS) is 14.0. The number of carbonyl (C=O) groups is 1. The van der Waals surface area contributed by atoms with E-state index in [0.29, 0.717) is 24.0 Å². The molecule has 1 aliphatic rings. The maximum Gasteiger partial charge on any atom is 0.307 e. The molecular formula is C19H19Br2NO3. The number of aliphatic carboxylic acids is 1. The van der Waals surface area contributed by atoms with E-state index in [1.807, 2.05) is 12.1 Å². The van der Waals surface area contributed by atoms with E-state index >= 15 is 0 Å². The lowest BCUT2D eigenvalue weighted by molar-refractivity contribution is -0.136. The van der Waals surface area contributed by atoms with Crippen LogP contribution in [0.3, 0.4) is 0 Å². The standard InChI is InChI=1S/C19H19Br2NO3/c20-16-8-13(10-18(23)24)9-17(21)19(16)25-11-12-3-1-6-15(7-12)22-14-4-2-5-14/h1,3,6-9,14,22H,2,4-5,10-11H2,(H,23,24). The fourth-order valence-corrected chi connectivity index (χ4v) is 4.23. The first-order valence-corrected chi connectivity index (χ1v) is 9.78. The van der Waals surface area contributed by atoms with Gasteiger partial charge in [0, 0.05) is 11.7 Å². The fourth-order valence-electron chi connectivity index (χ4n) is 2.72. The molecule has 2 aromatic carbocycles. The first-order chi connectivity index (χ1) is 12.0. The molecule has 0 bridgehead atoms. The zero-order valence-corrected chi connectivity index (χ0v) is 16.8. The van der Waals surface area contributed by atoms with Gasteiger partial charge in [0.05, 0.1) is 15.4 Å². The smallest absolute Gasteiger partial charge is 0.307 e. The van der Waals surface area contributed by atoms with E-state index in [2.05, 4.69) is 49.3 Å². The molecule has 4 nitrogen and oxygen atoms in total. The lowest BCUT2D eigenvalue weighted by Gasteiger charge is -2.27. The Bertz CT molecular complexity index is 752. The molecule has 2 aromatic rings. The van der Waals surface area contributed by atoms with Gasteiger partial charge < -0.3 is 15.2 Å². The summed E-state index contributed by atoms with van der Waals surface area (Å²) >= 11 is 6.93. The summed E-state index contributed by atoms with van der Waals surface area (Å²) in [6.07, 6.45) is 3.76.